The molecule has 16 heavy (non-hydrogen) atoms. The number of rotatable bonds is 8. The molecule has 0 aromatic carbocycles. The predicted octanol–water partition coefficient (Wildman–Crippen LogP) is 0.723. The van der Waals surface area contributed by atoms with E-state index in [-0.39, 0.29) is 0 Å². The van der Waals surface area contributed by atoms with E-state index in [9.17, 15) is 0 Å². The molecule has 0 aliphatic carbocycles. The van der Waals surface area contributed by atoms with Crippen molar-refractivity contribution in [3.63, 3.8) is 0 Å². The van der Waals surface area contributed by atoms with Gasteiger partial charge in [-0.3, -0.25) is 4.90 Å². The first-order valence-electron chi connectivity index (χ1n) is 6.45. The van der Waals surface area contributed by atoms with Crippen molar-refractivity contribution in [2.24, 2.45) is 0 Å². The van der Waals surface area contributed by atoms with Gasteiger partial charge in [-0.2, -0.15) is 0 Å². The van der Waals surface area contributed by atoms with E-state index in [4.69, 9.17) is 9.47 Å². The minimum atomic E-state index is 0.327. The maximum atomic E-state index is 5.45. The zero-order valence-electron chi connectivity index (χ0n) is 10.7. The molecule has 0 spiro atoms. The normalized spacial score (nSPS) is 19.9. The first kappa shape index (κ1) is 13.9. The fourth-order valence-corrected chi connectivity index (χ4v) is 1.90. The average molecular weight is 230 g/mol. The summed E-state index contributed by atoms with van der Waals surface area (Å²) < 4.78 is 10.8. The van der Waals surface area contributed by atoms with Crippen LogP contribution in [0.5, 0.6) is 0 Å². The highest BCUT2D eigenvalue weighted by molar-refractivity contribution is 4.63. The van der Waals surface area contributed by atoms with Gasteiger partial charge >= 0.3 is 0 Å². The van der Waals surface area contributed by atoms with Crippen LogP contribution in [0.2, 0.25) is 0 Å². The quantitative estimate of drug-likeness (QED) is 0.623. The van der Waals surface area contributed by atoms with Crippen molar-refractivity contribution in [3.05, 3.63) is 0 Å². The minimum absolute atomic E-state index is 0.327. The maximum Gasteiger partial charge on any atom is 0.0671 e. The fourth-order valence-electron chi connectivity index (χ4n) is 1.90. The van der Waals surface area contributed by atoms with Crippen LogP contribution < -0.4 is 5.32 Å². The average Bonchev–Trinajstić information content (AvgIpc) is 2.30. The summed E-state index contributed by atoms with van der Waals surface area (Å²) in [5.74, 6) is 0. The summed E-state index contributed by atoms with van der Waals surface area (Å²) in [6.07, 6.45) is 1.53. The zero-order chi connectivity index (χ0) is 11.6. The van der Waals surface area contributed by atoms with Gasteiger partial charge in [-0.25, -0.2) is 0 Å². The molecular formula is C12H26N2O2. The number of hydrogen-bond acceptors (Lipinski definition) is 4. The maximum absolute atomic E-state index is 5.45. The molecule has 1 aliphatic heterocycles. The van der Waals surface area contributed by atoms with Crippen LogP contribution in [0.4, 0.5) is 0 Å². The highest BCUT2D eigenvalue weighted by Crippen LogP contribution is 1.97. The molecule has 1 heterocycles. The molecule has 1 rings (SSSR count). The molecule has 1 saturated heterocycles. The van der Waals surface area contributed by atoms with Gasteiger partial charge in [-0.15, -0.1) is 0 Å². The summed E-state index contributed by atoms with van der Waals surface area (Å²) in [6, 6.07) is 0. The van der Waals surface area contributed by atoms with Crippen LogP contribution in [0.25, 0.3) is 0 Å². The molecule has 4 nitrogen and oxygen atoms in total. The predicted molar refractivity (Wildman–Crippen MR) is 65.8 cm³/mol. The van der Waals surface area contributed by atoms with Crippen LogP contribution in [0.3, 0.4) is 0 Å². The third kappa shape index (κ3) is 6.43. The highest BCUT2D eigenvalue weighted by Gasteiger charge is 2.08. The summed E-state index contributed by atoms with van der Waals surface area (Å²) in [7, 11) is 0. The summed E-state index contributed by atoms with van der Waals surface area (Å²) >= 11 is 0. The summed E-state index contributed by atoms with van der Waals surface area (Å²) in [6.45, 7) is 12.1. The van der Waals surface area contributed by atoms with E-state index in [0.29, 0.717) is 6.10 Å². The molecule has 0 bridgehead atoms. The van der Waals surface area contributed by atoms with Crippen molar-refractivity contribution in [2.45, 2.75) is 26.4 Å². The second-order valence-electron chi connectivity index (χ2n) is 4.28. The Morgan fingerprint density at radius 2 is 2.12 bits per heavy atom. The lowest BCUT2D eigenvalue weighted by molar-refractivity contribution is 0.0371. The minimum Gasteiger partial charge on any atom is -0.379 e. The Labute approximate surface area is 99.3 Å². The number of hydrogen-bond donors (Lipinski definition) is 1. The molecule has 0 radical (unpaired) electrons. The number of nitrogens with zero attached hydrogens (tertiary/aromatic N) is 1. The number of morpholine rings is 1. The Bertz CT molecular complexity index is 161. The van der Waals surface area contributed by atoms with Crippen LogP contribution in [0.1, 0.15) is 20.3 Å². The van der Waals surface area contributed by atoms with E-state index in [0.717, 1.165) is 46.0 Å². The smallest absolute Gasteiger partial charge is 0.0671 e. The Balaban J connectivity index is 1.87. The standard InChI is InChI=1S/C12H26N2O2/c1-3-16-12(2)11-13-5-4-6-14-7-9-15-10-8-14/h12-13H,3-11H2,1-2H3. The Hall–Kier alpha value is -0.160. The van der Waals surface area contributed by atoms with Gasteiger partial charge in [-0.1, -0.05) is 0 Å². The third-order valence-electron chi connectivity index (χ3n) is 2.81. The fraction of sp³-hybridized carbons (Fsp3) is 1.00. The third-order valence-corrected chi connectivity index (χ3v) is 2.81. The van der Waals surface area contributed by atoms with E-state index in [1.54, 1.807) is 0 Å². The first-order chi connectivity index (χ1) is 7.83. The Morgan fingerprint density at radius 3 is 2.81 bits per heavy atom. The van der Waals surface area contributed by atoms with Gasteiger partial charge in [0.25, 0.3) is 0 Å². The second-order valence-corrected chi connectivity index (χ2v) is 4.28. The second kappa shape index (κ2) is 8.93. The molecule has 1 aliphatic rings. The molecule has 1 atom stereocenters. The van der Waals surface area contributed by atoms with Crippen LogP contribution in [-0.2, 0) is 9.47 Å². The SMILES string of the molecule is CCOC(C)CNCCCN1CCOCC1. The topological polar surface area (TPSA) is 33.7 Å². The van der Waals surface area contributed by atoms with E-state index >= 15 is 0 Å². The van der Waals surface area contributed by atoms with Crippen molar-refractivity contribution in [1.82, 2.24) is 10.2 Å². The van der Waals surface area contributed by atoms with Crippen molar-refractivity contribution in [1.29, 1.82) is 0 Å². The first-order valence-corrected chi connectivity index (χ1v) is 6.45. The number of nitrogens with one attached hydrogen (secondary N) is 1. The highest BCUT2D eigenvalue weighted by atomic mass is 16.5. The van der Waals surface area contributed by atoms with Gasteiger partial charge in [0.05, 0.1) is 19.3 Å². The van der Waals surface area contributed by atoms with Gasteiger partial charge in [-0.05, 0) is 33.4 Å². The van der Waals surface area contributed by atoms with E-state index in [1.807, 2.05) is 6.92 Å². The van der Waals surface area contributed by atoms with Crippen LogP contribution >= 0.6 is 0 Å². The molecule has 0 amide bonds. The molecule has 4 heteroatoms. The van der Waals surface area contributed by atoms with Crippen LogP contribution in [-0.4, -0.2) is 63.5 Å². The van der Waals surface area contributed by atoms with Crippen molar-refractivity contribution < 1.29 is 9.47 Å². The van der Waals surface area contributed by atoms with E-state index in [1.165, 1.54) is 13.0 Å². The molecule has 0 saturated carbocycles. The molecule has 1 fully saturated rings. The van der Waals surface area contributed by atoms with Crippen molar-refractivity contribution in [3.8, 4) is 0 Å². The molecule has 96 valence electrons. The van der Waals surface area contributed by atoms with E-state index < -0.39 is 0 Å². The lowest BCUT2D eigenvalue weighted by Gasteiger charge is -2.26. The molecular weight excluding hydrogens is 204 g/mol. The van der Waals surface area contributed by atoms with Gasteiger partial charge in [0, 0.05) is 26.2 Å². The molecule has 0 aromatic rings. The van der Waals surface area contributed by atoms with Crippen molar-refractivity contribution >= 4 is 0 Å². The number of ether oxygens (including phenoxy) is 2. The summed E-state index contributed by atoms with van der Waals surface area (Å²) in [5, 5.41) is 3.43. The van der Waals surface area contributed by atoms with Gasteiger partial charge in [0.1, 0.15) is 0 Å². The van der Waals surface area contributed by atoms with Crippen LogP contribution in [0, 0.1) is 0 Å². The Morgan fingerprint density at radius 1 is 1.38 bits per heavy atom. The largest absolute Gasteiger partial charge is 0.379 e. The summed E-state index contributed by atoms with van der Waals surface area (Å²) in [5.41, 5.74) is 0. The molecule has 1 N–H and O–H groups in total. The lowest BCUT2D eigenvalue weighted by atomic mass is 10.3. The summed E-state index contributed by atoms with van der Waals surface area (Å²) in [4.78, 5) is 2.47. The molecule has 0 aromatic heterocycles. The van der Waals surface area contributed by atoms with E-state index in [2.05, 4.69) is 17.1 Å². The van der Waals surface area contributed by atoms with Gasteiger partial charge < -0.3 is 14.8 Å². The van der Waals surface area contributed by atoms with Crippen LogP contribution in [0.15, 0.2) is 0 Å². The van der Waals surface area contributed by atoms with Gasteiger partial charge in [0.15, 0.2) is 0 Å². The molecule has 1 unspecified atom stereocenters. The lowest BCUT2D eigenvalue weighted by Crippen LogP contribution is -2.38. The zero-order valence-corrected chi connectivity index (χ0v) is 10.7. The van der Waals surface area contributed by atoms with Crippen molar-refractivity contribution in [2.75, 3.05) is 52.5 Å². The Kier molecular flexibility index (Phi) is 7.76. The monoisotopic (exact) mass is 230 g/mol. The van der Waals surface area contributed by atoms with Gasteiger partial charge in [0.2, 0.25) is 0 Å².